The lowest BCUT2D eigenvalue weighted by Crippen LogP contribution is -2.51. The Morgan fingerprint density at radius 2 is 1.73 bits per heavy atom. The number of hydrogen-bond donors (Lipinski definition) is 0. The molecule has 3 rings (SSSR count). The number of amides is 2. The van der Waals surface area contributed by atoms with Crippen LogP contribution in [0.2, 0.25) is 0 Å². The quantitative estimate of drug-likeness (QED) is 0.688. The van der Waals surface area contributed by atoms with E-state index in [1.807, 2.05) is 55.0 Å². The van der Waals surface area contributed by atoms with Crippen molar-refractivity contribution >= 4 is 17.5 Å². The summed E-state index contributed by atoms with van der Waals surface area (Å²) >= 11 is 0. The lowest BCUT2D eigenvalue weighted by Gasteiger charge is -2.35. The number of nitrogens with zero attached hydrogens (tertiary/aromatic N) is 6. The molecule has 1 saturated heterocycles. The number of fused-ring (bicyclic) bond motifs is 1. The Hall–Kier alpha value is -2.48. The second kappa shape index (κ2) is 9.55. The summed E-state index contributed by atoms with van der Waals surface area (Å²) in [5.74, 6) is 0.336. The van der Waals surface area contributed by atoms with Gasteiger partial charge in [-0.25, -0.2) is 9.50 Å². The third-order valence-electron chi connectivity index (χ3n) is 6.08. The maximum atomic E-state index is 12.8. The predicted molar refractivity (Wildman–Crippen MR) is 116 cm³/mol. The van der Waals surface area contributed by atoms with Gasteiger partial charge < -0.3 is 9.80 Å². The number of piperazine rings is 1. The van der Waals surface area contributed by atoms with Gasteiger partial charge in [0.15, 0.2) is 5.65 Å². The van der Waals surface area contributed by atoms with E-state index in [0.29, 0.717) is 32.5 Å². The largest absolute Gasteiger partial charge is 0.342 e. The zero-order chi connectivity index (χ0) is 21.8. The number of carbonyl (C=O) groups excluding carboxylic acids is 2. The van der Waals surface area contributed by atoms with E-state index in [1.54, 1.807) is 0 Å². The minimum absolute atomic E-state index is 0.167. The Morgan fingerprint density at radius 1 is 1.07 bits per heavy atom. The van der Waals surface area contributed by atoms with Crippen LogP contribution in [0.5, 0.6) is 0 Å². The maximum Gasteiger partial charge on any atom is 0.236 e. The second-order valence-corrected chi connectivity index (χ2v) is 8.04. The van der Waals surface area contributed by atoms with Crippen molar-refractivity contribution in [2.24, 2.45) is 0 Å². The molecule has 2 amide bonds. The van der Waals surface area contributed by atoms with Crippen molar-refractivity contribution in [2.75, 3.05) is 45.8 Å². The molecule has 1 aliphatic heterocycles. The van der Waals surface area contributed by atoms with Gasteiger partial charge in [-0.1, -0.05) is 0 Å². The number of hydrogen-bond acceptors (Lipinski definition) is 5. The van der Waals surface area contributed by atoms with E-state index in [4.69, 9.17) is 0 Å². The van der Waals surface area contributed by atoms with Crippen LogP contribution in [0.1, 0.15) is 42.9 Å². The highest BCUT2D eigenvalue weighted by Gasteiger charge is 2.24. The van der Waals surface area contributed by atoms with Crippen molar-refractivity contribution in [3.8, 4) is 0 Å². The first-order chi connectivity index (χ1) is 14.3. The summed E-state index contributed by atoms with van der Waals surface area (Å²) in [6.45, 7) is 14.8. The summed E-state index contributed by atoms with van der Waals surface area (Å²) in [7, 11) is 0. The van der Waals surface area contributed by atoms with Gasteiger partial charge in [0.2, 0.25) is 11.8 Å². The van der Waals surface area contributed by atoms with E-state index < -0.39 is 0 Å². The van der Waals surface area contributed by atoms with E-state index in [0.717, 1.165) is 54.5 Å². The highest BCUT2D eigenvalue weighted by atomic mass is 16.2. The third-order valence-corrected chi connectivity index (χ3v) is 6.08. The molecule has 2 aromatic heterocycles. The number of aromatic nitrogens is 3. The highest BCUT2D eigenvalue weighted by molar-refractivity contribution is 5.78. The van der Waals surface area contributed by atoms with Crippen LogP contribution in [-0.2, 0) is 16.0 Å². The van der Waals surface area contributed by atoms with Gasteiger partial charge in [-0.3, -0.25) is 14.5 Å². The van der Waals surface area contributed by atoms with Crippen molar-refractivity contribution in [1.82, 2.24) is 29.3 Å². The molecule has 0 spiro atoms. The topological polar surface area (TPSA) is 74.1 Å². The smallest absolute Gasteiger partial charge is 0.236 e. The van der Waals surface area contributed by atoms with E-state index >= 15 is 0 Å². The van der Waals surface area contributed by atoms with Crippen LogP contribution in [0, 0.1) is 20.8 Å². The molecule has 164 valence electrons. The van der Waals surface area contributed by atoms with Gasteiger partial charge in [-0.05, 0) is 46.6 Å². The van der Waals surface area contributed by atoms with E-state index in [1.165, 1.54) is 0 Å². The molecule has 0 radical (unpaired) electrons. The van der Waals surface area contributed by atoms with Crippen LogP contribution in [0.3, 0.4) is 0 Å². The Morgan fingerprint density at radius 3 is 2.37 bits per heavy atom. The summed E-state index contributed by atoms with van der Waals surface area (Å²) in [5.41, 5.74) is 4.91. The van der Waals surface area contributed by atoms with E-state index in [2.05, 4.69) is 15.0 Å². The minimum atomic E-state index is 0.167. The second-order valence-electron chi connectivity index (χ2n) is 8.04. The number of likely N-dealkylation sites (N-methyl/N-ethyl adjacent to an activating group) is 1. The fourth-order valence-electron chi connectivity index (χ4n) is 4.22. The molecule has 0 aromatic carbocycles. The summed E-state index contributed by atoms with van der Waals surface area (Å²) < 4.78 is 1.87. The molecule has 2 aromatic rings. The van der Waals surface area contributed by atoms with Crippen LogP contribution in [0.15, 0.2) is 6.07 Å². The Balaban J connectivity index is 1.53. The maximum absolute atomic E-state index is 12.8. The molecule has 8 nitrogen and oxygen atoms in total. The molecule has 1 aliphatic rings. The molecule has 0 saturated carbocycles. The molecule has 0 atom stereocenters. The molecule has 30 heavy (non-hydrogen) atoms. The van der Waals surface area contributed by atoms with Crippen molar-refractivity contribution in [2.45, 2.75) is 47.5 Å². The summed E-state index contributed by atoms with van der Waals surface area (Å²) in [6.07, 6.45) is 1.13. The number of rotatable bonds is 7. The fraction of sp³-hybridized carbons (Fsp3) is 0.636. The van der Waals surface area contributed by atoms with Crippen LogP contribution < -0.4 is 0 Å². The Kier molecular flexibility index (Phi) is 7.07. The minimum Gasteiger partial charge on any atom is -0.342 e. The first kappa shape index (κ1) is 22.2. The molecule has 0 N–H and O–H groups in total. The van der Waals surface area contributed by atoms with Gasteiger partial charge in [0.1, 0.15) is 0 Å². The molecule has 1 fully saturated rings. The van der Waals surface area contributed by atoms with Gasteiger partial charge >= 0.3 is 0 Å². The molecule has 3 heterocycles. The third kappa shape index (κ3) is 4.80. The van der Waals surface area contributed by atoms with Gasteiger partial charge in [0.25, 0.3) is 0 Å². The van der Waals surface area contributed by atoms with Crippen LogP contribution in [0.25, 0.3) is 5.65 Å². The monoisotopic (exact) mass is 414 g/mol. The molecule has 0 unspecified atom stereocenters. The summed E-state index contributed by atoms with van der Waals surface area (Å²) in [6, 6.07) is 1.97. The van der Waals surface area contributed by atoms with Crippen molar-refractivity contribution < 1.29 is 9.59 Å². The highest BCUT2D eigenvalue weighted by Crippen LogP contribution is 2.18. The van der Waals surface area contributed by atoms with Crippen molar-refractivity contribution in [3.05, 3.63) is 28.7 Å². The molecule has 0 bridgehead atoms. The van der Waals surface area contributed by atoms with Crippen LogP contribution in [-0.4, -0.2) is 86.9 Å². The Labute approximate surface area is 178 Å². The molecule has 0 aliphatic carbocycles. The van der Waals surface area contributed by atoms with Crippen molar-refractivity contribution in [3.63, 3.8) is 0 Å². The Bertz CT molecular complexity index is 910. The number of aryl methyl sites for hydroxylation is 3. The normalized spacial score (nSPS) is 15.0. The van der Waals surface area contributed by atoms with E-state index in [-0.39, 0.29) is 11.8 Å². The average Bonchev–Trinajstić information content (AvgIpc) is 3.09. The summed E-state index contributed by atoms with van der Waals surface area (Å²) in [4.78, 5) is 35.7. The first-order valence-corrected chi connectivity index (χ1v) is 10.9. The first-order valence-electron chi connectivity index (χ1n) is 10.9. The lowest BCUT2D eigenvalue weighted by atomic mass is 10.1. The van der Waals surface area contributed by atoms with Crippen molar-refractivity contribution in [1.29, 1.82) is 0 Å². The zero-order valence-electron chi connectivity index (χ0n) is 18.9. The van der Waals surface area contributed by atoms with Crippen LogP contribution >= 0.6 is 0 Å². The van der Waals surface area contributed by atoms with Gasteiger partial charge in [0, 0.05) is 63.1 Å². The standard InChI is InChI=1S/C22H34N6O2/c1-6-26(7-2)22(30)15-25-10-12-27(13-11-25)21(29)9-8-19-17(4)23-20-14-16(3)24-28(20)18(19)5/h14H,6-13,15H2,1-5H3. The SMILES string of the molecule is CCN(CC)C(=O)CN1CCN(C(=O)CCc2c(C)nc3cc(C)nn3c2C)CC1. The van der Waals surface area contributed by atoms with Crippen LogP contribution in [0.4, 0.5) is 0 Å². The average molecular weight is 415 g/mol. The summed E-state index contributed by atoms with van der Waals surface area (Å²) in [5, 5.41) is 4.51. The zero-order valence-corrected chi connectivity index (χ0v) is 18.9. The molecule has 8 heteroatoms. The van der Waals surface area contributed by atoms with Gasteiger partial charge in [-0.15, -0.1) is 0 Å². The van der Waals surface area contributed by atoms with Gasteiger partial charge in [-0.2, -0.15) is 5.10 Å². The number of carbonyl (C=O) groups is 2. The predicted octanol–water partition coefficient (Wildman–Crippen LogP) is 1.60. The lowest BCUT2D eigenvalue weighted by molar-refractivity contribution is -0.135. The van der Waals surface area contributed by atoms with Gasteiger partial charge in [0.05, 0.1) is 12.2 Å². The van der Waals surface area contributed by atoms with E-state index in [9.17, 15) is 9.59 Å². The fourth-order valence-corrected chi connectivity index (χ4v) is 4.22. The molecular formula is C22H34N6O2. The molecular weight excluding hydrogens is 380 g/mol.